The van der Waals surface area contributed by atoms with Gasteiger partial charge in [0.25, 0.3) is 0 Å². The summed E-state index contributed by atoms with van der Waals surface area (Å²) in [4.78, 5) is 19.3. The summed E-state index contributed by atoms with van der Waals surface area (Å²) < 4.78 is 22.6. The van der Waals surface area contributed by atoms with E-state index in [1.807, 2.05) is 36.5 Å². The van der Waals surface area contributed by atoms with Crippen LogP contribution in [0.1, 0.15) is 11.1 Å². The average Bonchev–Trinajstić information content (AvgIpc) is 2.84. The molecule has 2 aromatic carbocycles. The molecule has 0 atom stereocenters. The van der Waals surface area contributed by atoms with Crippen LogP contribution in [0.5, 0.6) is 17.2 Å². The Morgan fingerprint density at radius 1 is 1.06 bits per heavy atom. The van der Waals surface area contributed by atoms with Crippen molar-refractivity contribution >= 4 is 11.0 Å². The lowest BCUT2D eigenvalue weighted by atomic mass is 10.0. The van der Waals surface area contributed by atoms with Gasteiger partial charge < -0.3 is 18.6 Å². The summed E-state index contributed by atoms with van der Waals surface area (Å²) >= 11 is 0. The minimum absolute atomic E-state index is 0.414. The van der Waals surface area contributed by atoms with Crippen molar-refractivity contribution in [2.24, 2.45) is 0 Å². The predicted octanol–water partition coefficient (Wildman–Crippen LogP) is 4.22. The van der Waals surface area contributed by atoms with E-state index in [1.165, 1.54) is 0 Å². The van der Waals surface area contributed by atoms with E-state index in [9.17, 15) is 4.79 Å². The normalized spacial score (nSPS) is 13.4. The maximum Gasteiger partial charge on any atom is 0.344 e. The van der Waals surface area contributed by atoms with Gasteiger partial charge in [-0.15, -0.1) is 0 Å². The van der Waals surface area contributed by atoms with Crippen molar-refractivity contribution in [1.82, 2.24) is 9.88 Å². The number of methoxy groups -OCH3 is 2. The molecule has 5 rings (SSSR count). The third-order valence-corrected chi connectivity index (χ3v) is 5.57. The lowest BCUT2D eigenvalue weighted by molar-refractivity contribution is 0.0889. The fourth-order valence-corrected chi connectivity index (χ4v) is 4.00. The standard InChI is InChI=1S/C25H22N2O5/c1-29-18-6-8-22(30-2)19(11-18)20-10-17-5-7-23-21(24(17)32-25(20)28)14-27(15-31-23)13-16-4-3-9-26-12-16/h3-12H,13-15H2,1-2H3. The van der Waals surface area contributed by atoms with Crippen molar-refractivity contribution in [2.45, 2.75) is 13.1 Å². The first kappa shape index (κ1) is 20.1. The highest BCUT2D eigenvalue weighted by atomic mass is 16.5. The first-order valence-corrected chi connectivity index (χ1v) is 10.2. The number of hydrogen-bond acceptors (Lipinski definition) is 7. The van der Waals surface area contributed by atoms with E-state index in [2.05, 4.69) is 9.88 Å². The molecule has 1 aliphatic heterocycles. The first-order valence-electron chi connectivity index (χ1n) is 10.2. The number of ether oxygens (including phenoxy) is 3. The van der Waals surface area contributed by atoms with Crippen LogP contribution in [-0.2, 0) is 13.1 Å². The van der Waals surface area contributed by atoms with Crippen LogP contribution in [-0.4, -0.2) is 30.8 Å². The highest BCUT2D eigenvalue weighted by Crippen LogP contribution is 2.36. The molecule has 0 fully saturated rings. The topological polar surface area (TPSA) is 74.0 Å². The van der Waals surface area contributed by atoms with Gasteiger partial charge in [0.05, 0.1) is 25.3 Å². The van der Waals surface area contributed by atoms with Crippen LogP contribution in [0.4, 0.5) is 0 Å². The van der Waals surface area contributed by atoms with E-state index < -0.39 is 5.63 Å². The quantitative estimate of drug-likeness (QED) is 0.439. The van der Waals surface area contributed by atoms with Gasteiger partial charge in [-0.2, -0.15) is 0 Å². The van der Waals surface area contributed by atoms with Gasteiger partial charge in [-0.3, -0.25) is 9.88 Å². The Balaban J connectivity index is 1.56. The molecule has 4 aromatic rings. The molecule has 0 amide bonds. The Hall–Kier alpha value is -3.84. The van der Waals surface area contributed by atoms with Gasteiger partial charge in [0.2, 0.25) is 0 Å². The molecule has 1 aliphatic rings. The number of fused-ring (bicyclic) bond motifs is 3. The molecular formula is C25H22N2O5. The van der Waals surface area contributed by atoms with Crippen LogP contribution >= 0.6 is 0 Å². The zero-order chi connectivity index (χ0) is 22.1. The smallest absolute Gasteiger partial charge is 0.344 e. The number of nitrogens with zero attached hydrogens (tertiary/aromatic N) is 2. The summed E-state index contributed by atoms with van der Waals surface area (Å²) in [6.45, 7) is 1.75. The molecule has 0 saturated heterocycles. The summed E-state index contributed by atoms with van der Waals surface area (Å²) in [5.41, 5.74) is 3.08. The Morgan fingerprint density at radius 2 is 1.97 bits per heavy atom. The maximum absolute atomic E-state index is 13.0. The second-order valence-electron chi connectivity index (χ2n) is 7.60. The molecule has 7 heteroatoms. The summed E-state index contributed by atoms with van der Waals surface area (Å²) in [5.74, 6) is 1.93. The minimum Gasteiger partial charge on any atom is -0.497 e. The van der Waals surface area contributed by atoms with Crippen LogP contribution in [0.3, 0.4) is 0 Å². The van der Waals surface area contributed by atoms with E-state index in [0.717, 1.165) is 22.3 Å². The molecular weight excluding hydrogens is 408 g/mol. The minimum atomic E-state index is -0.443. The molecule has 7 nitrogen and oxygen atoms in total. The number of hydrogen-bond donors (Lipinski definition) is 0. The van der Waals surface area contributed by atoms with E-state index in [-0.39, 0.29) is 0 Å². The SMILES string of the molecule is COc1ccc(OC)c(-c2cc3ccc4c(c3oc2=O)CN(Cc2cccnc2)CO4)c1. The Bertz CT molecular complexity index is 1330. The molecule has 0 N–H and O–H groups in total. The van der Waals surface area contributed by atoms with Crippen molar-refractivity contribution < 1.29 is 18.6 Å². The van der Waals surface area contributed by atoms with Crippen molar-refractivity contribution in [2.75, 3.05) is 21.0 Å². The van der Waals surface area contributed by atoms with E-state index in [1.54, 1.807) is 38.6 Å². The van der Waals surface area contributed by atoms with E-state index in [0.29, 0.717) is 48.0 Å². The molecule has 0 spiro atoms. The lowest BCUT2D eigenvalue weighted by Gasteiger charge is -2.29. The van der Waals surface area contributed by atoms with E-state index >= 15 is 0 Å². The summed E-state index contributed by atoms with van der Waals surface area (Å²) in [5, 5.41) is 0.815. The Morgan fingerprint density at radius 3 is 2.75 bits per heavy atom. The van der Waals surface area contributed by atoms with Gasteiger partial charge in [-0.1, -0.05) is 6.07 Å². The van der Waals surface area contributed by atoms with Crippen LogP contribution in [0, 0.1) is 0 Å². The van der Waals surface area contributed by atoms with Crippen molar-refractivity contribution in [3.63, 3.8) is 0 Å². The number of pyridine rings is 1. The Kier molecular flexibility index (Phi) is 5.25. The molecule has 0 saturated carbocycles. The van der Waals surface area contributed by atoms with Gasteiger partial charge in [0.15, 0.2) is 0 Å². The number of benzene rings is 2. The third-order valence-electron chi connectivity index (χ3n) is 5.57. The third kappa shape index (κ3) is 3.67. The average molecular weight is 430 g/mol. The highest BCUT2D eigenvalue weighted by Gasteiger charge is 2.23. The van der Waals surface area contributed by atoms with E-state index in [4.69, 9.17) is 18.6 Å². The molecule has 2 aromatic heterocycles. The Labute approximate surface area is 184 Å². The predicted molar refractivity (Wildman–Crippen MR) is 120 cm³/mol. The zero-order valence-electron chi connectivity index (χ0n) is 17.8. The van der Waals surface area contributed by atoms with Gasteiger partial charge in [-0.05, 0) is 48.0 Å². The molecule has 0 aliphatic carbocycles. The van der Waals surface area contributed by atoms with Gasteiger partial charge in [-0.25, -0.2) is 4.79 Å². The molecule has 32 heavy (non-hydrogen) atoms. The van der Waals surface area contributed by atoms with Gasteiger partial charge in [0, 0.05) is 36.4 Å². The highest BCUT2D eigenvalue weighted by molar-refractivity contribution is 5.87. The van der Waals surface area contributed by atoms with Gasteiger partial charge in [0.1, 0.15) is 29.6 Å². The van der Waals surface area contributed by atoms with Gasteiger partial charge >= 0.3 is 5.63 Å². The summed E-state index contributed by atoms with van der Waals surface area (Å²) in [7, 11) is 3.15. The van der Waals surface area contributed by atoms with Crippen molar-refractivity contribution in [1.29, 1.82) is 0 Å². The fourth-order valence-electron chi connectivity index (χ4n) is 4.00. The summed E-state index contributed by atoms with van der Waals surface area (Å²) in [6, 6.07) is 14.9. The number of rotatable bonds is 5. The molecule has 0 unspecified atom stereocenters. The lowest BCUT2D eigenvalue weighted by Crippen LogP contribution is -2.31. The first-order chi connectivity index (χ1) is 15.7. The second-order valence-corrected chi connectivity index (χ2v) is 7.60. The maximum atomic E-state index is 13.0. The largest absolute Gasteiger partial charge is 0.497 e. The van der Waals surface area contributed by atoms with Crippen LogP contribution in [0.25, 0.3) is 22.1 Å². The second kappa shape index (κ2) is 8.36. The van der Waals surface area contributed by atoms with Crippen molar-refractivity contribution in [3.05, 3.63) is 82.5 Å². The number of aromatic nitrogens is 1. The van der Waals surface area contributed by atoms with Crippen LogP contribution in [0.15, 0.2) is 70.1 Å². The van der Waals surface area contributed by atoms with Crippen LogP contribution < -0.4 is 19.8 Å². The zero-order valence-corrected chi connectivity index (χ0v) is 17.8. The molecule has 0 radical (unpaired) electrons. The molecule has 162 valence electrons. The molecule has 3 heterocycles. The van der Waals surface area contributed by atoms with Crippen molar-refractivity contribution in [3.8, 4) is 28.4 Å². The van der Waals surface area contributed by atoms with Crippen LogP contribution in [0.2, 0.25) is 0 Å². The fraction of sp³-hybridized carbons (Fsp3) is 0.200. The monoisotopic (exact) mass is 430 g/mol. The summed E-state index contributed by atoms with van der Waals surface area (Å²) in [6.07, 6.45) is 3.59. The molecule has 0 bridgehead atoms.